The summed E-state index contributed by atoms with van der Waals surface area (Å²) in [6, 6.07) is 11.1. The molecule has 3 aromatic heterocycles. The second kappa shape index (κ2) is 13.0. The van der Waals surface area contributed by atoms with E-state index < -0.39 is 24.4 Å². The minimum absolute atomic E-state index is 0.0269. The second-order valence-corrected chi connectivity index (χ2v) is 11.0. The van der Waals surface area contributed by atoms with Crippen LogP contribution in [0.1, 0.15) is 47.3 Å². The Labute approximate surface area is 247 Å². The number of aromatic nitrogens is 4. The molecule has 0 unspecified atom stereocenters. The average Bonchev–Trinajstić information content (AvgIpc) is 3.00. The molecule has 4 heterocycles. The molecule has 1 saturated heterocycles. The number of nitrogens with one attached hydrogen (secondary N) is 2. The van der Waals surface area contributed by atoms with Gasteiger partial charge in [-0.2, -0.15) is 13.2 Å². The molecule has 226 valence electrons. The van der Waals surface area contributed by atoms with Crippen LogP contribution in [0.5, 0.6) is 0 Å². The number of alkyl halides is 3. The van der Waals surface area contributed by atoms with E-state index in [0.29, 0.717) is 48.0 Å². The number of rotatable bonds is 9. The lowest BCUT2D eigenvalue weighted by Crippen LogP contribution is -2.40. The Hall–Kier alpha value is -4.19. The lowest BCUT2D eigenvalue weighted by Gasteiger charge is -2.32. The third-order valence-electron chi connectivity index (χ3n) is 7.85. The molecule has 8 nitrogen and oxygen atoms in total. The van der Waals surface area contributed by atoms with Crippen molar-refractivity contribution < 1.29 is 22.4 Å². The zero-order valence-corrected chi connectivity index (χ0v) is 24.0. The van der Waals surface area contributed by atoms with Crippen LogP contribution in [0.15, 0.2) is 55.1 Å². The molecule has 0 saturated carbocycles. The van der Waals surface area contributed by atoms with Crippen LogP contribution >= 0.6 is 0 Å². The molecular formula is C31H33F4N7O. The van der Waals surface area contributed by atoms with Gasteiger partial charge in [0.1, 0.15) is 12.1 Å². The van der Waals surface area contributed by atoms with Crippen molar-refractivity contribution in [1.82, 2.24) is 30.2 Å². The van der Waals surface area contributed by atoms with Gasteiger partial charge in [-0.05, 0) is 56.0 Å². The molecule has 0 radical (unpaired) electrons. The fourth-order valence-electron chi connectivity index (χ4n) is 5.55. The normalized spacial score (nSPS) is 15.4. The van der Waals surface area contributed by atoms with Crippen LogP contribution in [0.25, 0.3) is 22.2 Å². The maximum Gasteiger partial charge on any atom is 0.401 e. The zero-order chi connectivity index (χ0) is 30.6. The van der Waals surface area contributed by atoms with E-state index in [1.807, 2.05) is 31.2 Å². The minimum atomic E-state index is -4.16. The lowest BCUT2D eigenvalue weighted by molar-refractivity contribution is -0.148. The summed E-state index contributed by atoms with van der Waals surface area (Å²) in [6.07, 6.45) is 2.33. The summed E-state index contributed by atoms with van der Waals surface area (Å²) >= 11 is 0. The molecule has 0 aliphatic carbocycles. The van der Waals surface area contributed by atoms with E-state index in [1.54, 1.807) is 18.3 Å². The maximum atomic E-state index is 14.4. The summed E-state index contributed by atoms with van der Waals surface area (Å²) in [6.45, 7) is 2.57. The van der Waals surface area contributed by atoms with Gasteiger partial charge in [-0.1, -0.05) is 25.1 Å². The van der Waals surface area contributed by atoms with Crippen LogP contribution < -0.4 is 10.6 Å². The molecule has 5 rings (SSSR count). The molecule has 12 heteroatoms. The number of carbonyl (C=O) groups excluding carboxylic acids is 1. The number of amides is 1. The van der Waals surface area contributed by atoms with Crippen LogP contribution in [-0.2, 0) is 6.42 Å². The van der Waals surface area contributed by atoms with Gasteiger partial charge in [-0.25, -0.2) is 14.4 Å². The monoisotopic (exact) mass is 595 g/mol. The predicted molar refractivity (Wildman–Crippen MR) is 156 cm³/mol. The van der Waals surface area contributed by atoms with Gasteiger partial charge in [0, 0.05) is 48.4 Å². The van der Waals surface area contributed by atoms with E-state index in [2.05, 4.69) is 30.6 Å². The largest absolute Gasteiger partial charge is 0.401 e. The van der Waals surface area contributed by atoms with Crippen molar-refractivity contribution in [3.63, 3.8) is 0 Å². The van der Waals surface area contributed by atoms with Crippen molar-refractivity contribution in [3.05, 3.63) is 77.8 Å². The molecule has 43 heavy (non-hydrogen) atoms. The summed E-state index contributed by atoms with van der Waals surface area (Å²) in [5, 5.41) is 6.27. The second-order valence-electron chi connectivity index (χ2n) is 11.0. The van der Waals surface area contributed by atoms with Crippen LogP contribution in [0.4, 0.5) is 23.4 Å². The molecule has 0 spiro atoms. The molecule has 2 N–H and O–H groups in total. The average molecular weight is 596 g/mol. The van der Waals surface area contributed by atoms with Crippen LogP contribution in [0.2, 0.25) is 0 Å². The van der Waals surface area contributed by atoms with Crippen LogP contribution in [-0.4, -0.2) is 70.1 Å². The van der Waals surface area contributed by atoms with Crippen molar-refractivity contribution in [2.75, 3.05) is 38.5 Å². The first kappa shape index (κ1) is 30.3. The first-order chi connectivity index (χ1) is 20.6. The Balaban J connectivity index is 1.21. The third kappa shape index (κ3) is 7.42. The first-order valence-corrected chi connectivity index (χ1v) is 14.2. The fourth-order valence-corrected chi connectivity index (χ4v) is 5.55. The van der Waals surface area contributed by atoms with Gasteiger partial charge in [0.2, 0.25) is 0 Å². The summed E-state index contributed by atoms with van der Waals surface area (Å²) in [5.41, 5.74) is 3.84. The number of anilines is 1. The Morgan fingerprint density at radius 3 is 2.56 bits per heavy atom. The van der Waals surface area contributed by atoms with Crippen molar-refractivity contribution >= 4 is 22.6 Å². The van der Waals surface area contributed by atoms with E-state index in [0.717, 1.165) is 42.3 Å². The molecule has 1 fully saturated rings. The van der Waals surface area contributed by atoms with Crippen LogP contribution in [0.3, 0.4) is 0 Å². The summed E-state index contributed by atoms with van der Waals surface area (Å²) in [7, 11) is 1.46. The van der Waals surface area contributed by atoms with E-state index in [1.165, 1.54) is 18.3 Å². The predicted octanol–water partition coefficient (Wildman–Crippen LogP) is 5.62. The Bertz CT molecular complexity index is 1570. The zero-order valence-electron chi connectivity index (χ0n) is 24.0. The van der Waals surface area contributed by atoms with E-state index in [9.17, 15) is 22.4 Å². The lowest BCUT2D eigenvalue weighted by atomic mass is 9.92. The molecule has 4 aromatic rings. The third-order valence-corrected chi connectivity index (χ3v) is 7.85. The number of piperidine rings is 1. The highest BCUT2D eigenvalue weighted by molar-refractivity contribution is 6.06. The van der Waals surface area contributed by atoms with E-state index >= 15 is 0 Å². The molecule has 1 aliphatic rings. The quantitative estimate of drug-likeness (QED) is 0.243. The van der Waals surface area contributed by atoms with Crippen molar-refractivity contribution in [2.24, 2.45) is 5.92 Å². The number of halogens is 4. The van der Waals surface area contributed by atoms with Gasteiger partial charge < -0.3 is 10.6 Å². The number of hydrogen-bond acceptors (Lipinski definition) is 7. The van der Waals surface area contributed by atoms with Gasteiger partial charge in [0.25, 0.3) is 5.91 Å². The highest BCUT2D eigenvalue weighted by Crippen LogP contribution is 2.29. The maximum absolute atomic E-state index is 14.4. The molecule has 1 amide bonds. The number of carbonyl (C=O) groups is 1. The van der Waals surface area contributed by atoms with Crippen molar-refractivity contribution in [1.29, 1.82) is 0 Å². The summed E-state index contributed by atoms with van der Waals surface area (Å²) in [5.74, 6) is -0.285. The SMILES string of the molecule is CNC(=O)c1c(F)cnc2c([C@H](C)CNc3cc(-c4ccc(CC5CCN(CC(F)(F)F)CC5)nc4)ncn3)cccc12. The van der Waals surface area contributed by atoms with Crippen LogP contribution in [0, 0.1) is 11.7 Å². The standard InChI is InChI=1S/C31H33F4N7O/c1-19(23-4-3-5-24-28(30(43)36-2)25(32)16-39-29(23)24)14-38-27-13-26(40-18-41-27)21-6-7-22(37-15-21)12-20-8-10-42(11-9-20)17-31(33,34)35/h3-7,13,15-16,18-20H,8-12,14,17H2,1-2H3,(H,36,43)(H,38,40,41)/t19-/m1/s1. The molecule has 1 aromatic carbocycles. The summed E-state index contributed by atoms with van der Waals surface area (Å²) < 4.78 is 52.4. The number of fused-ring (bicyclic) bond motifs is 1. The fraction of sp³-hybridized carbons (Fsp3) is 0.387. The first-order valence-electron chi connectivity index (χ1n) is 14.2. The highest BCUT2D eigenvalue weighted by atomic mass is 19.4. The van der Waals surface area contributed by atoms with E-state index in [4.69, 9.17) is 0 Å². The Morgan fingerprint density at radius 2 is 1.86 bits per heavy atom. The number of pyridine rings is 2. The van der Waals surface area contributed by atoms with Gasteiger partial charge in [-0.3, -0.25) is 19.7 Å². The van der Waals surface area contributed by atoms with Gasteiger partial charge >= 0.3 is 6.18 Å². The highest BCUT2D eigenvalue weighted by Gasteiger charge is 2.32. The molecule has 1 aliphatic heterocycles. The Morgan fingerprint density at radius 1 is 1.07 bits per heavy atom. The van der Waals surface area contributed by atoms with E-state index in [-0.39, 0.29) is 11.5 Å². The smallest absolute Gasteiger partial charge is 0.369 e. The number of hydrogen-bond donors (Lipinski definition) is 2. The molecule has 1 atom stereocenters. The van der Waals surface area contributed by atoms with Gasteiger partial charge in [0.05, 0.1) is 29.5 Å². The number of para-hydroxylation sites is 1. The number of likely N-dealkylation sites (tertiary alicyclic amines) is 1. The van der Waals surface area contributed by atoms with Crippen molar-refractivity contribution in [2.45, 2.75) is 38.3 Å². The molecule has 0 bridgehead atoms. The van der Waals surface area contributed by atoms with Gasteiger partial charge in [-0.15, -0.1) is 0 Å². The topological polar surface area (TPSA) is 95.9 Å². The Kier molecular flexibility index (Phi) is 9.14. The molecular weight excluding hydrogens is 562 g/mol. The minimum Gasteiger partial charge on any atom is -0.369 e. The number of benzene rings is 1. The van der Waals surface area contributed by atoms with Gasteiger partial charge in [0.15, 0.2) is 5.82 Å². The number of nitrogens with zero attached hydrogens (tertiary/aromatic N) is 5. The van der Waals surface area contributed by atoms with Crippen molar-refractivity contribution in [3.8, 4) is 11.3 Å². The summed E-state index contributed by atoms with van der Waals surface area (Å²) in [4.78, 5) is 31.4.